The average Bonchev–Trinajstić information content (AvgIpc) is 2.53. The second-order valence-electron chi connectivity index (χ2n) is 3.37. The smallest absolute Gasteiger partial charge is 0.193 e. The fraction of sp³-hybridized carbons (Fsp3) is 0.556. The van der Waals surface area contributed by atoms with Gasteiger partial charge in [-0.2, -0.15) is 0 Å². The van der Waals surface area contributed by atoms with Gasteiger partial charge in [0.25, 0.3) is 0 Å². The fourth-order valence-corrected chi connectivity index (χ4v) is 1.49. The van der Waals surface area contributed by atoms with Gasteiger partial charge in [0, 0.05) is 6.54 Å². The minimum atomic E-state index is -0.135. The molecule has 1 aromatic rings. The molecule has 0 saturated carbocycles. The molecule has 0 radical (unpaired) electrons. The monoisotopic (exact) mass is 201 g/mol. The van der Waals surface area contributed by atoms with Gasteiger partial charge in [-0.3, -0.25) is 5.32 Å². The number of hydrogen-bond acceptors (Lipinski definition) is 3. The molecule has 0 bridgehead atoms. The van der Waals surface area contributed by atoms with E-state index >= 15 is 0 Å². The van der Waals surface area contributed by atoms with Crippen LogP contribution in [-0.2, 0) is 4.74 Å². The van der Waals surface area contributed by atoms with E-state index in [0.29, 0.717) is 11.1 Å². The normalized spacial score (nSPS) is 29.1. The van der Waals surface area contributed by atoms with Gasteiger partial charge in [0.2, 0.25) is 0 Å². The Morgan fingerprint density at radius 1 is 1.54 bits per heavy atom. The summed E-state index contributed by atoms with van der Waals surface area (Å²) < 4.78 is 10.8. The number of ether oxygens (including phenoxy) is 1. The summed E-state index contributed by atoms with van der Waals surface area (Å²) in [5.41, 5.74) is 0. The molecular weight excluding hydrogens is 190 g/mol. The molecule has 3 nitrogen and oxygen atoms in total. The lowest BCUT2D eigenvalue weighted by atomic mass is 10.1. The van der Waals surface area contributed by atoms with Crippen LogP contribution in [0.15, 0.2) is 16.5 Å². The van der Waals surface area contributed by atoms with E-state index in [1.807, 2.05) is 6.07 Å². The highest BCUT2D eigenvalue weighted by molar-refractivity contribution is 6.28. The molecule has 0 aromatic carbocycles. The van der Waals surface area contributed by atoms with Crippen molar-refractivity contribution in [3.8, 4) is 0 Å². The van der Waals surface area contributed by atoms with E-state index < -0.39 is 0 Å². The number of furan rings is 1. The Hall–Kier alpha value is -0.510. The van der Waals surface area contributed by atoms with Gasteiger partial charge in [-0.05, 0) is 29.7 Å². The van der Waals surface area contributed by atoms with Gasteiger partial charge in [-0.15, -0.1) is 0 Å². The molecule has 1 aliphatic heterocycles. The second kappa shape index (κ2) is 3.70. The quantitative estimate of drug-likeness (QED) is 0.757. The SMILES string of the molecule is CC1CNC(c2ccc(Cl)o2)OC1. The second-order valence-corrected chi connectivity index (χ2v) is 3.74. The van der Waals surface area contributed by atoms with Crippen molar-refractivity contribution in [3.05, 3.63) is 23.1 Å². The van der Waals surface area contributed by atoms with E-state index in [9.17, 15) is 0 Å². The van der Waals surface area contributed by atoms with Crippen LogP contribution in [0.2, 0.25) is 5.22 Å². The molecule has 0 aliphatic carbocycles. The molecule has 0 amide bonds. The number of rotatable bonds is 1. The predicted octanol–water partition coefficient (Wildman–Crippen LogP) is 2.19. The summed E-state index contributed by atoms with van der Waals surface area (Å²) in [6, 6.07) is 3.55. The van der Waals surface area contributed by atoms with E-state index in [0.717, 1.165) is 18.9 Å². The lowest BCUT2D eigenvalue weighted by molar-refractivity contribution is -0.0367. The molecule has 2 rings (SSSR count). The van der Waals surface area contributed by atoms with Crippen LogP contribution in [0, 0.1) is 5.92 Å². The minimum Gasteiger partial charge on any atom is -0.445 e. The van der Waals surface area contributed by atoms with E-state index in [1.165, 1.54) is 0 Å². The molecule has 1 N–H and O–H groups in total. The summed E-state index contributed by atoms with van der Waals surface area (Å²) in [6.45, 7) is 3.84. The van der Waals surface area contributed by atoms with Gasteiger partial charge in [0.1, 0.15) is 5.76 Å². The van der Waals surface area contributed by atoms with E-state index in [-0.39, 0.29) is 6.23 Å². The maximum absolute atomic E-state index is 5.66. The van der Waals surface area contributed by atoms with Crippen LogP contribution < -0.4 is 5.32 Å². The summed E-state index contributed by atoms with van der Waals surface area (Å²) >= 11 is 5.66. The van der Waals surface area contributed by atoms with Crippen LogP contribution in [-0.4, -0.2) is 13.2 Å². The number of hydrogen-bond donors (Lipinski definition) is 1. The Bertz CT molecular complexity index is 279. The van der Waals surface area contributed by atoms with Crippen molar-refractivity contribution in [2.45, 2.75) is 13.2 Å². The van der Waals surface area contributed by atoms with E-state index in [1.54, 1.807) is 6.07 Å². The molecule has 4 heteroatoms. The summed E-state index contributed by atoms with van der Waals surface area (Å²) in [5, 5.41) is 3.63. The molecule has 0 spiro atoms. The topological polar surface area (TPSA) is 34.4 Å². The summed E-state index contributed by atoms with van der Waals surface area (Å²) in [6.07, 6.45) is -0.135. The van der Waals surface area contributed by atoms with Gasteiger partial charge in [0.15, 0.2) is 11.4 Å². The maximum Gasteiger partial charge on any atom is 0.193 e. The van der Waals surface area contributed by atoms with Crippen molar-refractivity contribution in [2.24, 2.45) is 5.92 Å². The van der Waals surface area contributed by atoms with Crippen molar-refractivity contribution in [1.29, 1.82) is 0 Å². The molecule has 2 unspecified atom stereocenters. The minimum absolute atomic E-state index is 0.135. The van der Waals surface area contributed by atoms with Crippen LogP contribution in [0.25, 0.3) is 0 Å². The van der Waals surface area contributed by atoms with Crippen LogP contribution in [0.4, 0.5) is 0 Å². The van der Waals surface area contributed by atoms with E-state index in [4.69, 9.17) is 20.8 Å². The summed E-state index contributed by atoms with van der Waals surface area (Å²) in [5.74, 6) is 1.30. The Kier molecular flexibility index (Phi) is 2.58. The highest BCUT2D eigenvalue weighted by Crippen LogP contribution is 2.23. The average molecular weight is 202 g/mol. The third kappa shape index (κ3) is 2.05. The lowest BCUT2D eigenvalue weighted by Gasteiger charge is -2.26. The predicted molar refractivity (Wildman–Crippen MR) is 49.6 cm³/mol. The van der Waals surface area contributed by atoms with Crippen molar-refractivity contribution >= 4 is 11.6 Å². The molecular formula is C9H12ClNO2. The molecule has 1 aliphatic rings. The van der Waals surface area contributed by atoms with Crippen molar-refractivity contribution < 1.29 is 9.15 Å². The first kappa shape index (κ1) is 9.06. The Balaban J connectivity index is 2.02. The number of halogens is 1. The molecule has 2 heterocycles. The molecule has 13 heavy (non-hydrogen) atoms. The highest BCUT2D eigenvalue weighted by Gasteiger charge is 2.21. The van der Waals surface area contributed by atoms with Gasteiger partial charge in [-0.1, -0.05) is 6.92 Å². The first-order valence-corrected chi connectivity index (χ1v) is 4.74. The summed E-state index contributed by atoms with van der Waals surface area (Å²) in [4.78, 5) is 0. The van der Waals surface area contributed by atoms with E-state index in [2.05, 4.69) is 12.2 Å². The largest absolute Gasteiger partial charge is 0.445 e. The standard InChI is InChI=1S/C9H12ClNO2/c1-6-4-11-9(12-5-6)7-2-3-8(10)13-7/h2-3,6,9,11H,4-5H2,1H3. The van der Waals surface area contributed by atoms with Crippen LogP contribution in [0.3, 0.4) is 0 Å². The first-order valence-electron chi connectivity index (χ1n) is 4.36. The third-order valence-corrected chi connectivity index (χ3v) is 2.25. The molecule has 1 fully saturated rings. The molecule has 1 saturated heterocycles. The zero-order valence-corrected chi connectivity index (χ0v) is 8.17. The Labute approximate surface area is 82.0 Å². The van der Waals surface area contributed by atoms with Gasteiger partial charge < -0.3 is 9.15 Å². The van der Waals surface area contributed by atoms with Crippen molar-refractivity contribution in [1.82, 2.24) is 5.32 Å². The zero-order chi connectivity index (χ0) is 9.26. The molecule has 72 valence electrons. The van der Waals surface area contributed by atoms with Gasteiger partial charge in [0.05, 0.1) is 6.61 Å². The lowest BCUT2D eigenvalue weighted by Crippen LogP contribution is -2.36. The number of nitrogens with one attached hydrogen (secondary N) is 1. The molecule has 1 aromatic heterocycles. The Morgan fingerprint density at radius 3 is 2.92 bits per heavy atom. The maximum atomic E-state index is 5.66. The fourth-order valence-electron chi connectivity index (χ4n) is 1.34. The summed E-state index contributed by atoms with van der Waals surface area (Å²) in [7, 11) is 0. The van der Waals surface area contributed by atoms with Crippen LogP contribution >= 0.6 is 11.6 Å². The first-order chi connectivity index (χ1) is 6.25. The van der Waals surface area contributed by atoms with Crippen molar-refractivity contribution in [2.75, 3.05) is 13.2 Å². The molecule has 2 atom stereocenters. The van der Waals surface area contributed by atoms with Crippen LogP contribution in [0.5, 0.6) is 0 Å². The Morgan fingerprint density at radius 2 is 2.38 bits per heavy atom. The zero-order valence-electron chi connectivity index (χ0n) is 7.42. The third-order valence-electron chi connectivity index (χ3n) is 2.05. The highest BCUT2D eigenvalue weighted by atomic mass is 35.5. The van der Waals surface area contributed by atoms with Crippen molar-refractivity contribution in [3.63, 3.8) is 0 Å². The van der Waals surface area contributed by atoms with Crippen LogP contribution in [0.1, 0.15) is 18.9 Å². The van der Waals surface area contributed by atoms with Gasteiger partial charge >= 0.3 is 0 Å². The van der Waals surface area contributed by atoms with Gasteiger partial charge in [-0.25, -0.2) is 0 Å².